The minimum absolute atomic E-state index is 0.0992. The van der Waals surface area contributed by atoms with E-state index in [1.165, 1.54) is 0 Å². The first-order valence-electron chi connectivity index (χ1n) is 9.70. The van der Waals surface area contributed by atoms with Gasteiger partial charge in [-0.25, -0.2) is 9.59 Å². The molecule has 0 saturated carbocycles. The van der Waals surface area contributed by atoms with Gasteiger partial charge >= 0.3 is 12.1 Å². The van der Waals surface area contributed by atoms with Gasteiger partial charge < -0.3 is 19.7 Å². The Labute approximate surface area is 161 Å². The van der Waals surface area contributed by atoms with Gasteiger partial charge in [-0.2, -0.15) is 0 Å². The number of nitrogens with zero attached hydrogens (tertiary/aromatic N) is 1. The fourth-order valence-electron chi connectivity index (χ4n) is 4.04. The fourth-order valence-corrected chi connectivity index (χ4v) is 4.04. The molecule has 2 aliphatic rings. The second-order valence-corrected chi connectivity index (χ2v) is 8.57. The molecule has 1 amide bonds. The summed E-state index contributed by atoms with van der Waals surface area (Å²) in [7, 11) is 2.15. The monoisotopic (exact) mass is 374 g/mol. The quantitative estimate of drug-likeness (QED) is 0.818. The molecule has 2 fully saturated rings. The van der Waals surface area contributed by atoms with E-state index in [2.05, 4.69) is 17.3 Å². The molecule has 2 saturated heterocycles. The second kappa shape index (κ2) is 7.89. The van der Waals surface area contributed by atoms with Crippen LogP contribution in [0.2, 0.25) is 0 Å². The van der Waals surface area contributed by atoms with Crippen molar-refractivity contribution in [3.63, 3.8) is 0 Å². The van der Waals surface area contributed by atoms with E-state index in [9.17, 15) is 9.59 Å². The highest BCUT2D eigenvalue weighted by Gasteiger charge is 2.40. The lowest BCUT2D eigenvalue weighted by Gasteiger charge is -2.36. The third-order valence-electron chi connectivity index (χ3n) is 5.37. The summed E-state index contributed by atoms with van der Waals surface area (Å²) in [5.41, 5.74) is 0.0480. The first-order valence-corrected chi connectivity index (χ1v) is 9.70. The topological polar surface area (TPSA) is 67.9 Å². The van der Waals surface area contributed by atoms with Gasteiger partial charge in [-0.1, -0.05) is 30.3 Å². The van der Waals surface area contributed by atoms with Crippen LogP contribution >= 0.6 is 0 Å². The highest BCUT2D eigenvalue weighted by Crippen LogP contribution is 2.36. The molecule has 2 bridgehead atoms. The van der Waals surface area contributed by atoms with Crippen molar-refractivity contribution in [3.8, 4) is 0 Å². The van der Waals surface area contributed by atoms with Gasteiger partial charge in [0.1, 0.15) is 11.7 Å². The van der Waals surface area contributed by atoms with Crippen LogP contribution in [0.4, 0.5) is 4.79 Å². The summed E-state index contributed by atoms with van der Waals surface area (Å²) in [5.74, 6) is -0.430. The highest BCUT2D eigenvalue weighted by atomic mass is 16.6. The van der Waals surface area contributed by atoms with Crippen LogP contribution in [-0.4, -0.2) is 47.8 Å². The van der Waals surface area contributed by atoms with Gasteiger partial charge in [0.2, 0.25) is 0 Å². The molecule has 6 nitrogen and oxygen atoms in total. The zero-order valence-corrected chi connectivity index (χ0v) is 16.6. The predicted molar refractivity (Wildman–Crippen MR) is 102 cm³/mol. The first-order chi connectivity index (χ1) is 12.7. The van der Waals surface area contributed by atoms with E-state index in [0.717, 1.165) is 25.7 Å². The summed E-state index contributed by atoms with van der Waals surface area (Å²) in [6.07, 6.45) is 3.30. The molecule has 6 heteroatoms. The van der Waals surface area contributed by atoms with Crippen molar-refractivity contribution in [3.05, 3.63) is 35.9 Å². The number of benzene rings is 1. The van der Waals surface area contributed by atoms with E-state index in [1.54, 1.807) is 20.8 Å². The van der Waals surface area contributed by atoms with Crippen molar-refractivity contribution < 1.29 is 19.1 Å². The number of hydrogen-bond acceptors (Lipinski definition) is 5. The maximum absolute atomic E-state index is 12.9. The van der Waals surface area contributed by atoms with E-state index < -0.39 is 23.7 Å². The SMILES string of the molecule is CN1[C@@H]2CC[C@H]1CC(OC(=O)C(NC(=O)OC(C)(C)C)c1ccccc1)C2. The van der Waals surface area contributed by atoms with Crippen molar-refractivity contribution >= 4 is 12.1 Å². The molecule has 0 spiro atoms. The maximum Gasteiger partial charge on any atom is 0.408 e. The van der Waals surface area contributed by atoms with E-state index in [0.29, 0.717) is 17.6 Å². The number of rotatable bonds is 4. The molecular weight excluding hydrogens is 344 g/mol. The molecule has 2 heterocycles. The molecule has 1 aromatic carbocycles. The lowest BCUT2D eigenvalue weighted by molar-refractivity contribution is -0.155. The van der Waals surface area contributed by atoms with Gasteiger partial charge in [0.25, 0.3) is 0 Å². The fraction of sp³-hybridized carbons (Fsp3) is 0.619. The summed E-state index contributed by atoms with van der Waals surface area (Å²) in [6, 6.07) is 9.24. The van der Waals surface area contributed by atoms with Crippen LogP contribution < -0.4 is 5.32 Å². The molecule has 0 aliphatic carbocycles. The molecular formula is C21H30N2O4. The van der Waals surface area contributed by atoms with Crippen molar-refractivity contribution in [1.29, 1.82) is 0 Å². The molecule has 0 aromatic heterocycles. The Morgan fingerprint density at radius 2 is 1.70 bits per heavy atom. The van der Waals surface area contributed by atoms with E-state index in [1.807, 2.05) is 30.3 Å². The van der Waals surface area contributed by atoms with Crippen LogP contribution in [0.1, 0.15) is 58.1 Å². The Kier molecular flexibility index (Phi) is 5.75. The number of carbonyl (C=O) groups excluding carboxylic acids is 2. The summed E-state index contributed by atoms with van der Waals surface area (Å²) in [5, 5.41) is 2.68. The minimum atomic E-state index is -0.877. The second-order valence-electron chi connectivity index (χ2n) is 8.57. The molecule has 1 N–H and O–H groups in total. The normalized spacial score (nSPS) is 26.3. The molecule has 0 radical (unpaired) electrons. The van der Waals surface area contributed by atoms with Crippen LogP contribution in [-0.2, 0) is 14.3 Å². The summed E-state index contributed by atoms with van der Waals surface area (Å²) in [4.78, 5) is 27.6. The van der Waals surface area contributed by atoms with Crippen LogP contribution in [0.3, 0.4) is 0 Å². The molecule has 148 valence electrons. The van der Waals surface area contributed by atoms with E-state index >= 15 is 0 Å². The largest absolute Gasteiger partial charge is 0.460 e. The molecule has 2 aliphatic heterocycles. The zero-order valence-electron chi connectivity index (χ0n) is 16.6. The van der Waals surface area contributed by atoms with Gasteiger partial charge in [0.05, 0.1) is 0 Å². The van der Waals surface area contributed by atoms with Gasteiger partial charge in [0, 0.05) is 12.1 Å². The number of ether oxygens (including phenoxy) is 2. The summed E-state index contributed by atoms with van der Waals surface area (Å²) < 4.78 is 11.2. The van der Waals surface area contributed by atoms with Crippen LogP contribution in [0.25, 0.3) is 0 Å². The van der Waals surface area contributed by atoms with Crippen molar-refractivity contribution in [1.82, 2.24) is 10.2 Å². The number of alkyl carbamates (subject to hydrolysis) is 1. The Morgan fingerprint density at radius 3 is 2.26 bits per heavy atom. The molecule has 27 heavy (non-hydrogen) atoms. The highest BCUT2D eigenvalue weighted by molar-refractivity contribution is 5.83. The molecule has 4 atom stereocenters. The van der Waals surface area contributed by atoms with E-state index in [-0.39, 0.29) is 6.10 Å². The lowest BCUT2D eigenvalue weighted by atomic mass is 10.00. The third kappa shape index (κ3) is 5.01. The minimum Gasteiger partial charge on any atom is -0.460 e. The number of carbonyl (C=O) groups is 2. The van der Waals surface area contributed by atoms with Gasteiger partial charge in [-0.3, -0.25) is 0 Å². The van der Waals surface area contributed by atoms with Gasteiger partial charge in [-0.05, 0) is 59.1 Å². The first kappa shape index (κ1) is 19.7. The summed E-state index contributed by atoms with van der Waals surface area (Å²) >= 11 is 0. The number of fused-ring (bicyclic) bond motifs is 2. The molecule has 2 unspecified atom stereocenters. The average Bonchev–Trinajstić information content (AvgIpc) is 2.80. The third-order valence-corrected chi connectivity index (χ3v) is 5.37. The number of piperidine rings is 1. The number of esters is 1. The standard InChI is InChI=1S/C21H30N2O4/c1-21(2,3)27-20(25)22-18(14-8-6-5-7-9-14)19(24)26-17-12-15-10-11-16(13-17)23(15)4/h5-9,15-18H,10-13H2,1-4H3,(H,22,25)/t15-,16+,17?,18?. The van der Waals surface area contributed by atoms with Crippen LogP contribution in [0, 0.1) is 0 Å². The van der Waals surface area contributed by atoms with Crippen molar-refractivity contribution in [2.45, 2.75) is 76.3 Å². The average molecular weight is 374 g/mol. The Balaban J connectivity index is 1.69. The van der Waals surface area contributed by atoms with Gasteiger partial charge in [-0.15, -0.1) is 0 Å². The van der Waals surface area contributed by atoms with Crippen LogP contribution in [0.15, 0.2) is 30.3 Å². The van der Waals surface area contributed by atoms with Gasteiger partial charge in [0.15, 0.2) is 6.04 Å². The Bertz CT molecular complexity index is 657. The smallest absolute Gasteiger partial charge is 0.408 e. The zero-order chi connectivity index (χ0) is 19.6. The maximum atomic E-state index is 12.9. The molecule has 3 rings (SSSR count). The van der Waals surface area contributed by atoms with E-state index in [4.69, 9.17) is 9.47 Å². The number of hydrogen-bond donors (Lipinski definition) is 1. The van der Waals surface area contributed by atoms with Crippen molar-refractivity contribution in [2.75, 3.05) is 7.05 Å². The Hall–Kier alpha value is -2.08. The Morgan fingerprint density at radius 1 is 1.11 bits per heavy atom. The predicted octanol–water partition coefficient (Wildman–Crippen LogP) is 3.42. The summed E-state index contributed by atoms with van der Waals surface area (Å²) in [6.45, 7) is 5.37. The van der Waals surface area contributed by atoms with Crippen molar-refractivity contribution in [2.24, 2.45) is 0 Å². The lowest BCUT2D eigenvalue weighted by Crippen LogP contribution is -2.45. The van der Waals surface area contributed by atoms with Crippen LogP contribution in [0.5, 0.6) is 0 Å². The number of amides is 1. The number of nitrogens with one attached hydrogen (secondary N) is 1. The molecule has 1 aromatic rings.